The molecule has 1 aromatic carbocycles. The minimum absolute atomic E-state index is 0.255. The van der Waals surface area contributed by atoms with E-state index in [4.69, 9.17) is 0 Å². The molecule has 162 valence electrons. The molecular weight excluding hydrogens is 407 g/mol. The van der Waals surface area contributed by atoms with Crippen LogP contribution in [0.4, 0.5) is 4.39 Å². The van der Waals surface area contributed by atoms with Gasteiger partial charge in [0.15, 0.2) is 5.65 Å². The summed E-state index contributed by atoms with van der Waals surface area (Å²) in [5, 5.41) is 4.22. The highest BCUT2D eigenvalue weighted by Crippen LogP contribution is 2.41. The molecule has 7 nitrogen and oxygen atoms in total. The number of halogens is 1. The lowest BCUT2D eigenvalue weighted by Gasteiger charge is -2.33. The van der Waals surface area contributed by atoms with Gasteiger partial charge in [0, 0.05) is 12.4 Å². The highest BCUT2D eigenvalue weighted by Gasteiger charge is 2.42. The van der Waals surface area contributed by atoms with Crippen LogP contribution in [0.15, 0.2) is 78.0 Å². The Balaban J connectivity index is 1.50. The number of hydrogen-bond donors (Lipinski definition) is 1. The predicted octanol–water partition coefficient (Wildman–Crippen LogP) is 3.93. The average molecular weight is 430 g/mol. The van der Waals surface area contributed by atoms with Gasteiger partial charge in [-0.05, 0) is 35.8 Å². The molecule has 2 atom stereocenters. The van der Waals surface area contributed by atoms with Crippen molar-refractivity contribution in [2.75, 3.05) is 0 Å². The Kier molecular flexibility index (Phi) is 4.84. The SMILES string of the molecule is CC(C)C1(F)C=CC=CC1c1ncc2[nH]c(=O)n(Cc3ccc(-n4cccn4)cc3)c2n1. The summed E-state index contributed by atoms with van der Waals surface area (Å²) in [6, 6.07) is 9.65. The van der Waals surface area contributed by atoms with Gasteiger partial charge in [-0.15, -0.1) is 0 Å². The lowest BCUT2D eigenvalue weighted by Crippen LogP contribution is -2.36. The molecule has 4 aromatic rings. The van der Waals surface area contributed by atoms with Crippen molar-refractivity contribution >= 4 is 11.2 Å². The van der Waals surface area contributed by atoms with Gasteiger partial charge < -0.3 is 4.98 Å². The Hall–Kier alpha value is -3.81. The first-order chi connectivity index (χ1) is 15.5. The quantitative estimate of drug-likeness (QED) is 0.520. The summed E-state index contributed by atoms with van der Waals surface area (Å²) < 4.78 is 19.1. The number of rotatable bonds is 5. The topological polar surface area (TPSA) is 81.4 Å². The minimum Gasteiger partial charge on any atom is -0.303 e. The maximum atomic E-state index is 15.8. The molecular formula is C24H23FN6O. The van der Waals surface area contributed by atoms with Crippen molar-refractivity contribution < 1.29 is 4.39 Å². The van der Waals surface area contributed by atoms with Gasteiger partial charge in [-0.3, -0.25) is 4.57 Å². The van der Waals surface area contributed by atoms with E-state index in [1.54, 1.807) is 39.9 Å². The molecule has 0 saturated carbocycles. The standard InChI is InChI=1S/C24H23FN6O/c1-16(2)24(25)11-4-3-6-19(24)21-26-14-20-22(29-21)30(23(32)28-20)15-17-7-9-18(10-8-17)31-13-5-12-27-31/h3-14,16,19H,15H2,1-2H3,(H,28,32). The third-order valence-corrected chi connectivity index (χ3v) is 5.98. The lowest BCUT2D eigenvalue weighted by atomic mass is 9.77. The second-order valence-electron chi connectivity index (χ2n) is 8.30. The van der Waals surface area contributed by atoms with Crippen molar-refractivity contribution in [3.8, 4) is 5.69 Å². The molecule has 1 aliphatic carbocycles. The number of aromatic amines is 1. The molecule has 0 aliphatic heterocycles. The third kappa shape index (κ3) is 3.37. The molecule has 0 amide bonds. The number of fused-ring (bicyclic) bond motifs is 1. The van der Waals surface area contributed by atoms with Crippen LogP contribution >= 0.6 is 0 Å². The maximum absolute atomic E-state index is 15.8. The van der Waals surface area contributed by atoms with Gasteiger partial charge in [0.2, 0.25) is 0 Å². The van der Waals surface area contributed by atoms with Gasteiger partial charge in [-0.1, -0.05) is 44.2 Å². The van der Waals surface area contributed by atoms with E-state index in [0.29, 0.717) is 23.5 Å². The summed E-state index contributed by atoms with van der Waals surface area (Å²) in [6.45, 7) is 4.02. The molecule has 32 heavy (non-hydrogen) atoms. The summed E-state index contributed by atoms with van der Waals surface area (Å²) in [7, 11) is 0. The van der Waals surface area contributed by atoms with Crippen molar-refractivity contribution in [1.29, 1.82) is 0 Å². The van der Waals surface area contributed by atoms with Gasteiger partial charge in [0.1, 0.15) is 17.0 Å². The molecule has 1 N–H and O–H groups in total. The normalized spacial score (nSPS) is 20.4. The molecule has 0 spiro atoms. The Morgan fingerprint density at radius 3 is 2.75 bits per heavy atom. The first kappa shape index (κ1) is 20.1. The van der Waals surface area contributed by atoms with E-state index in [2.05, 4.69) is 20.1 Å². The van der Waals surface area contributed by atoms with Crippen LogP contribution in [0.25, 0.3) is 16.9 Å². The summed E-state index contributed by atoms with van der Waals surface area (Å²) in [5.74, 6) is -0.519. The van der Waals surface area contributed by atoms with Crippen molar-refractivity contribution in [3.63, 3.8) is 0 Å². The van der Waals surface area contributed by atoms with Crippen molar-refractivity contribution in [2.24, 2.45) is 5.92 Å². The van der Waals surface area contributed by atoms with Gasteiger partial charge in [0.25, 0.3) is 0 Å². The fourth-order valence-corrected chi connectivity index (χ4v) is 4.08. The highest BCUT2D eigenvalue weighted by atomic mass is 19.1. The van der Waals surface area contributed by atoms with E-state index >= 15 is 4.39 Å². The molecule has 0 fully saturated rings. The maximum Gasteiger partial charge on any atom is 0.328 e. The van der Waals surface area contributed by atoms with E-state index in [-0.39, 0.29) is 11.6 Å². The molecule has 0 bridgehead atoms. The van der Waals surface area contributed by atoms with Crippen LogP contribution in [-0.4, -0.2) is 35.0 Å². The van der Waals surface area contributed by atoms with E-state index in [1.165, 1.54) is 0 Å². The number of hydrogen-bond acceptors (Lipinski definition) is 4. The van der Waals surface area contributed by atoms with Crippen LogP contribution in [0.2, 0.25) is 0 Å². The van der Waals surface area contributed by atoms with E-state index in [0.717, 1.165) is 11.3 Å². The van der Waals surface area contributed by atoms with Gasteiger partial charge in [0.05, 0.1) is 24.3 Å². The number of allylic oxidation sites excluding steroid dienone is 4. The van der Waals surface area contributed by atoms with Crippen molar-refractivity contribution in [2.45, 2.75) is 32.0 Å². The van der Waals surface area contributed by atoms with Gasteiger partial charge in [-0.2, -0.15) is 5.10 Å². The zero-order valence-electron chi connectivity index (χ0n) is 17.8. The van der Waals surface area contributed by atoms with E-state index in [1.807, 2.05) is 56.5 Å². The zero-order chi connectivity index (χ0) is 22.3. The fraction of sp³-hybridized carbons (Fsp3) is 0.250. The van der Waals surface area contributed by atoms with E-state index < -0.39 is 11.6 Å². The lowest BCUT2D eigenvalue weighted by molar-refractivity contribution is 0.135. The predicted molar refractivity (Wildman–Crippen MR) is 121 cm³/mol. The summed E-state index contributed by atoms with van der Waals surface area (Å²) in [5.41, 5.74) is 0.983. The largest absolute Gasteiger partial charge is 0.328 e. The molecule has 2 unspecified atom stereocenters. The van der Waals surface area contributed by atoms with Crippen LogP contribution in [0.3, 0.4) is 0 Å². The summed E-state index contributed by atoms with van der Waals surface area (Å²) in [6.07, 6.45) is 12.0. The summed E-state index contributed by atoms with van der Waals surface area (Å²) in [4.78, 5) is 24.5. The zero-order valence-corrected chi connectivity index (χ0v) is 17.8. The first-order valence-corrected chi connectivity index (χ1v) is 10.5. The number of benzene rings is 1. The molecule has 3 heterocycles. The molecule has 8 heteroatoms. The highest BCUT2D eigenvalue weighted by molar-refractivity contribution is 5.69. The number of nitrogens with one attached hydrogen (secondary N) is 1. The van der Waals surface area contributed by atoms with Crippen LogP contribution in [0.1, 0.15) is 31.2 Å². The molecule has 5 rings (SSSR count). The minimum atomic E-state index is -1.59. The van der Waals surface area contributed by atoms with Crippen LogP contribution < -0.4 is 5.69 Å². The van der Waals surface area contributed by atoms with Crippen molar-refractivity contribution in [1.82, 2.24) is 29.3 Å². The van der Waals surface area contributed by atoms with E-state index in [9.17, 15) is 4.79 Å². The first-order valence-electron chi connectivity index (χ1n) is 10.5. The number of nitrogens with zero attached hydrogens (tertiary/aromatic N) is 5. The molecule has 3 aromatic heterocycles. The third-order valence-electron chi connectivity index (χ3n) is 5.98. The Labute approximate surface area is 184 Å². The van der Waals surface area contributed by atoms with Crippen LogP contribution in [0, 0.1) is 5.92 Å². The van der Waals surface area contributed by atoms with Crippen LogP contribution in [-0.2, 0) is 6.54 Å². The second-order valence-corrected chi connectivity index (χ2v) is 8.30. The summed E-state index contributed by atoms with van der Waals surface area (Å²) >= 11 is 0. The number of imidazole rings is 1. The van der Waals surface area contributed by atoms with Crippen LogP contribution in [0.5, 0.6) is 0 Å². The number of H-pyrrole nitrogens is 1. The number of aromatic nitrogens is 6. The Morgan fingerprint density at radius 2 is 2.03 bits per heavy atom. The average Bonchev–Trinajstić information content (AvgIpc) is 3.43. The molecule has 1 aliphatic rings. The van der Waals surface area contributed by atoms with Crippen molar-refractivity contribution in [3.05, 3.63) is 95.1 Å². The Morgan fingerprint density at radius 1 is 1.22 bits per heavy atom. The van der Waals surface area contributed by atoms with Gasteiger partial charge >= 0.3 is 5.69 Å². The number of alkyl halides is 1. The monoisotopic (exact) mass is 430 g/mol. The van der Waals surface area contributed by atoms with Gasteiger partial charge in [-0.25, -0.2) is 23.8 Å². The molecule has 0 saturated heterocycles. The second kappa shape index (κ2) is 7.71. The smallest absolute Gasteiger partial charge is 0.303 e. The fourth-order valence-electron chi connectivity index (χ4n) is 4.08. The Bertz CT molecular complexity index is 1360. The molecule has 0 radical (unpaired) electrons.